The van der Waals surface area contributed by atoms with E-state index in [0.29, 0.717) is 36.3 Å². The normalized spacial score (nSPS) is 21.0. The van der Waals surface area contributed by atoms with Crippen LogP contribution in [0.5, 0.6) is 0 Å². The highest BCUT2D eigenvalue weighted by molar-refractivity contribution is 7.80. The predicted octanol–water partition coefficient (Wildman–Crippen LogP) is 1.82. The van der Waals surface area contributed by atoms with Gasteiger partial charge in [-0.15, -0.1) is 0 Å². The number of morpholine rings is 1. The Bertz CT molecular complexity index is 636. The second-order valence-electron chi connectivity index (χ2n) is 7.96. The molecular weight excluding hydrogens is 388 g/mol. The molecule has 1 saturated carbocycles. The monoisotopic (exact) mass is 420 g/mol. The van der Waals surface area contributed by atoms with Gasteiger partial charge in [0.1, 0.15) is 0 Å². The number of ether oxygens (including phenoxy) is 1. The number of hydrogen-bond acceptors (Lipinski definition) is 8. The first-order valence-corrected chi connectivity index (χ1v) is 11.3. The average molecular weight is 421 g/mol. The van der Waals surface area contributed by atoms with E-state index in [2.05, 4.69) is 35.9 Å². The lowest BCUT2D eigenvalue weighted by molar-refractivity contribution is 0.122. The summed E-state index contributed by atoms with van der Waals surface area (Å²) in [7, 11) is 0. The molecule has 0 aromatic carbocycles. The third-order valence-corrected chi connectivity index (χ3v) is 5.99. The van der Waals surface area contributed by atoms with Crippen LogP contribution >= 0.6 is 12.2 Å². The summed E-state index contributed by atoms with van der Waals surface area (Å²) in [5, 5.41) is 3.98. The molecule has 0 atom stereocenters. The Kier molecular flexibility index (Phi) is 7.15. The van der Waals surface area contributed by atoms with E-state index in [0.717, 1.165) is 32.1 Å². The van der Waals surface area contributed by atoms with Gasteiger partial charge < -0.3 is 19.9 Å². The van der Waals surface area contributed by atoms with E-state index in [4.69, 9.17) is 21.9 Å². The zero-order valence-corrected chi connectivity index (χ0v) is 17.8. The summed E-state index contributed by atoms with van der Waals surface area (Å²) in [6.45, 7) is 4.94. The summed E-state index contributed by atoms with van der Waals surface area (Å²) in [4.78, 5) is 18.4. The fourth-order valence-electron chi connectivity index (χ4n) is 4.13. The molecule has 1 aliphatic carbocycles. The molecule has 3 heterocycles. The van der Waals surface area contributed by atoms with E-state index in [1.807, 2.05) is 0 Å². The number of piperidine rings is 1. The Labute approximate surface area is 178 Å². The van der Waals surface area contributed by atoms with Gasteiger partial charge in [0.05, 0.1) is 13.2 Å². The quantitative estimate of drug-likeness (QED) is 0.484. The minimum atomic E-state index is 0.455. The minimum absolute atomic E-state index is 0.455. The maximum absolute atomic E-state index is 5.47. The largest absolute Gasteiger partial charge is 0.378 e. The minimum Gasteiger partial charge on any atom is -0.378 e. The molecule has 0 unspecified atom stereocenters. The molecule has 1 aromatic heterocycles. The van der Waals surface area contributed by atoms with Crippen molar-refractivity contribution in [3.8, 4) is 0 Å². The van der Waals surface area contributed by atoms with Crippen molar-refractivity contribution in [1.82, 2.24) is 25.7 Å². The first-order valence-electron chi connectivity index (χ1n) is 10.9. The van der Waals surface area contributed by atoms with Gasteiger partial charge in [-0.05, 0) is 44.3 Å². The molecule has 2 saturated heterocycles. The molecule has 4 rings (SSSR count). The van der Waals surface area contributed by atoms with Gasteiger partial charge in [0, 0.05) is 32.2 Å². The number of nitrogens with one attached hydrogen (secondary N) is 3. The molecular formula is C19H32N8OS. The smallest absolute Gasteiger partial charge is 0.248 e. The third-order valence-electron chi connectivity index (χ3n) is 5.77. The number of anilines is 3. The molecule has 0 spiro atoms. The number of rotatable bonds is 5. The first kappa shape index (κ1) is 20.3. The van der Waals surface area contributed by atoms with Crippen molar-refractivity contribution >= 4 is 35.2 Å². The van der Waals surface area contributed by atoms with Gasteiger partial charge in [-0.1, -0.05) is 19.3 Å². The Balaban J connectivity index is 1.43. The second-order valence-corrected chi connectivity index (χ2v) is 8.37. The number of hydrogen-bond donors (Lipinski definition) is 3. The van der Waals surface area contributed by atoms with Crippen molar-refractivity contribution in [1.29, 1.82) is 0 Å². The Morgan fingerprint density at radius 3 is 2.14 bits per heavy atom. The maximum Gasteiger partial charge on any atom is 0.248 e. The van der Waals surface area contributed by atoms with Crippen molar-refractivity contribution in [2.45, 2.75) is 57.4 Å². The van der Waals surface area contributed by atoms with Crippen LogP contribution in [0.2, 0.25) is 0 Å². The predicted molar refractivity (Wildman–Crippen MR) is 118 cm³/mol. The zero-order chi connectivity index (χ0) is 19.9. The molecule has 9 nitrogen and oxygen atoms in total. The molecule has 3 fully saturated rings. The van der Waals surface area contributed by atoms with Crippen LogP contribution in [0.4, 0.5) is 17.8 Å². The average Bonchev–Trinajstić information content (AvgIpc) is 2.79. The standard InChI is InChI=1S/C19H32N8OS/c29-19(20-15-7-3-1-4-8-15)25-24-16-21-17(26-9-5-2-6-10-26)23-18(22-16)27-11-13-28-14-12-27/h15H,1-14H2,(H2,20,25,29)(H,21,22,23,24). The van der Waals surface area contributed by atoms with Crippen molar-refractivity contribution < 1.29 is 4.74 Å². The van der Waals surface area contributed by atoms with E-state index in [9.17, 15) is 0 Å². The van der Waals surface area contributed by atoms with E-state index in [1.165, 1.54) is 51.4 Å². The fraction of sp³-hybridized carbons (Fsp3) is 0.789. The van der Waals surface area contributed by atoms with Crippen LogP contribution < -0.4 is 26.0 Å². The maximum atomic E-state index is 5.47. The highest BCUT2D eigenvalue weighted by Gasteiger charge is 2.21. The number of thiocarbonyl (C=S) groups is 1. The highest BCUT2D eigenvalue weighted by Crippen LogP contribution is 2.21. The third kappa shape index (κ3) is 5.79. The summed E-state index contributed by atoms with van der Waals surface area (Å²) in [6, 6.07) is 0.455. The van der Waals surface area contributed by atoms with Crippen LogP contribution in [0.25, 0.3) is 0 Å². The van der Waals surface area contributed by atoms with Gasteiger partial charge in [-0.2, -0.15) is 15.0 Å². The molecule has 0 radical (unpaired) electrons. The van der Waals surface area contributed by atoms with Crippen LogP contribution in [0.15, 0.2) is 0 Å². The molecule has 2 aliphatic heterocycles. The van der Waals surface area contributed by atoms with Gasteiger partial charge in [0.25, 0.3) is 0 Å². The molecule has 10 heteroatoms. The Hall–Kier alpha value is -1.94. The zero-order valence-electron chi connectivity index (χ0n) is 17.0. The molecule has 0 amide bonds. The van der Waals surface area contributed by atoms with Gasteiger partial charge >= 0.3 is 0 Å². The lowest BCUT2D eigenvalue weighted by atomic mass is 9.96. The van der Waals surface area contributed by atoms with E-state index >= 15 is 0 Å². The van der Waals surface area contributed by atoms with Crippen LogP contribution in [0.3, 0.4) is 0 Å². The lowest BCUT2D eigenvalue weighted by Crippen LogP contribution is -2.45. The molecule has 3 N–H and O–H groups in total. The van der Waals surface area contributed by atoms with Gasteiger partial charge in [-0.25, -0.2) is 0 Å². The molecule has 3 aliphatic rings. The van der Waals surface area contributed by atoms with Crippen molar-refractivity contribution in [2.75, 3.05) is 54.6 Å². The number of aromatic nitrogens is 3. The summed E-state index contributed by atoms with van der Waals surface area (Å²) < 4.78 is 5.47. The van der Waals surface area contributed by atoms with Crippen LogP contribution in [0, 0.1) is 0 Å². The van der Waals surface area contributed by atoms with Crippen molar-refractivity contribution in [3.05, 3.63) is 0 Å². The van der Waals surface area contributed by atoms with Crippen molar-refractivity contribution in [3.63, 3.8) is 0 Å². The summed E-state index contributed by atoms with van der Waals surface area (Å²) in [6.07, 6.45) is 9.83. The fourth-order valence-corrected chi connectivity index (χ4v) is 4.35. The highest BCUT2D eigenvalue weighted by atomic mass is 32.1. The van der Waals surface area contributed by atoms with Crippen molar-refractivity contribution in [2.24, 2.45) is 0 Å². The number of hydrazine groups is 1. The summed E-state index contributed by atoms with van der Waals surface area (Å²) in [5.74, 6) is 1.92. The lowest BCUT2D eigenvalue weighted by Gasteiger charge is -2.30. The van der Waals surface area contributed by atoms with Gasteiger partial charge in [0.15, 0.2) is 5.11 Å². The van der Waals surface area contributed by atoms with Crippen LogP contribution in [-0.2, 0) is 4.74 Å². The van der Waals surface area contributed by atoms with Crippen LogP contribution in [-0.4, -0.2) is 65.5 Å². The van der Waals surface area contributed by atoms with Gasteiger partial charge in [-0.3, -0.25) is 10.9 Å². The van der Waals surface area contributed by atoms with E-state index in [-0.39, 0.29) is 0 Å². The second kappa shape index (κ2) is 10.2. The van der Waals surface area contributed by atoms with E-state index in [1.54, 1.807) is 0 Å². The molecule has 29 heavy (non-hydrogen) atoms. The van der Waals surface area contributed by atoms with Gasteiger partial charge in [0.2, 0.25) is 17.8 Å². The Morgan fingerprint density at radius 1 is 0.828 bits per heavy atom. The summed E-state index contributed by atoms with van der Waals surface area (Å²) >= 11 is 5.46. The molecule has 1 aromatic rings. The topological polar surface area (TPSA) is 90.5 Å². The SMILES string of the molecule is S=C(NNc1nc(N2CCCCC2)nc(N2CCOCC2)n1)NC1CCCCC1. The van der Waals surface area contributed by atoms with E-state index < -0.39 is 0 Å². The van der Waals surface area contributed by atoms with Crippen LogP contribution in [0.1, 0.15) is 51.4 Å². The molecule has 160 valence electrons. The first-order chi connectivity index (χ1) is 14.3. The number of nitrogens with zero attached hydrogens (tertiary/aromatic N) is 5. The Morgan fingerprint density at radius 2 is 1.45 bits per heavy atom. The molecule has 0 bridgehead atoms. The summed E-state index contributed by atoms with van der Waals surface area (Å²) in [5.41, 5.74) is 6.15.